The van der Waals surface area contributed by atoms with Crippen molar-refractivity contribution < 1.29 is 14.0 Å². The number of aryl methyl sites for hydroxylation is 2. The van der Waals surface area contributed by atoms with Gasteiger partial charge >= 0.3 is 5.76 Å². The average molecular weight is 416 g/mol. The molecule has 0 aliphatic rings. The maximum Gasteiger partial charge on any atom is 0.419 e. The van der Waals surface area contributed by atoms with Gasteiger partial charge in [-0.1, -0.05) is 29.8 Å². The predicted octanol–water partition coefficient (Wildman–Crippen LogP) is 3.43. The molecule has 3 aromatic rings. The lowest BCUT2D eigenvalue weighted by Crippen LogP contribution is -2.38. The Morgan fingerprint density at radius 3 is 2.72 bits per heavy atom. The van der Waals surface area contributed by atoms with Gasteiger partial charge in [0.15, 0.2) is 5.58 Å². The topological polar surface area (TPSA) is 84.5 Å². The average Bonchev–Trinajstić information content (AvgIpc) is 3.02. The summed E-state index contributed by atoms with van der Waals surface area (Å²) in [6, 6.07) is 12.3. The summed E-state index contributed by atoms with van der Waals surface area (Å²) >= 11 is 5.98. The van der Waals surface area contributed by atoms with E-state index in [1.807, 2.05) is 13.0 Å². The molecule has 1 heterocycles. The molecule has 8 heteroatoms. The fourth-order valence-electron chi connectivity index (χ4n) is 3.06. The minimum atomic E-state index is -0.503. The summed E-state index contributed by atoms with van der Waals surface area (Å²) in [6.07, 6.45) is 0.0841. The lowest BCUT2D eigenvalue weighted by molar-refractivity contribution is -0.134. The molecule has 0 spiro atoms. The van der Waals surface area contributed by atoms with E-state index in [4.69, 9.17) is 16.0 Å². The van der Waals surface area contributed by atoms with Gasteiger partial charge in [0.25, 0.3) is 0 Å². The normalized spacial score (nSPS) is 10.9. The van der Waals surface area contributed by atoms with E-state index in [9.17, 15) is 14.4 Å². The number of nitrogens with one attached hydrogen (secondary N) is 1. The number of rotatable bonds is 7. The van der Waals surface area contributed by atoms with E-state index >= 15 is 0 Å². The number of halogens is 1. The first kappa shape index (κ1) is 20.7. The highest BCUT2D eigenvalue weighted by molar-refractivity contribution is 6.31. The van der Waals surface area contributed by atoms with E-state index in [-0.39, 0.29) is 31.3 Å². The Morgan fingerprint density at radius 2 is 1.97 bits per heavy atom. The number of anilines is 1. The Balaban J connectivity index is 1.62. The van der Waals surface area contributed by atoms with Crippen LogP contribution in [0.2, 0.25) is 5.02 Å². The molecule has 0 aliphatic heterocycles. The molecule has 0 saturated carbocycles. The molecule has 1 N–H and O–H groups in total. The monoisotopic (exact) mass is 415 g/mol. The van der Waals surface area contributed by atoms with Crippen LogP contribution in [-0.2, 0) is 16.1 Å². The van der Waals surface area contributed by atoms with Crippen LogP contribution >= 0.6 is 11.6 Å². The summed E-state index contributed by atoms with van der Waals surface area (Å²) in [5.41, 5.74) is 2.61. The predicted molar refractivity (Wildman–Crippen MR) is 112 cm³/mol. The van der Waals surface area contributed by atoms with Crippen LogP contribution in [0, 0.1) is 6.92 Å². The lowest BCUT2D eigenvalue weighted by Gasteiger charge is -2.21. The number of para-hydroxylation sites is 2. The number of carbonyl (C=O) groups is 2. The van der Waals surface area contributed by atoms with Crippen LogP contribution in [0.3, 0.4) is 0 Å². The Kier molecular flexibility index (Phi) is 6.39. The third-order valence-corrected chi connectivity index (χ3v) is 4.90. The number of amides is 2. The van der Waals surface area contributed by atoms with E-state index < -0.39 is 5.76 Å². The molecule has 2 amide bonds. The molecule has 0 fully saturated rings. The number of aromatic nitrogens is 1. The summed E-state index contributed by atoms with van der Waals surface area (Å²) in [5.74, 6) is -1.03. The summed E-state index contributed by atoms with van der Waals surface area (Å²) in [6.45, 7) is 4.14. The van der Waals surface area contributed by atoms with Gasteiger partial charge in [-0.3, -0.25) is 14.2 Å². The molecule has 0 aliphatic carbocycles. The van der Waals surface area contributed by atoms with Crippen LogP contribution in [0.5, 0.6) is 0 Å². The number of likely N-dealkylation sites (N-methyl/N-ethyl adjacent to an activating group) is 1. The first-order chi connectivity index (χ1) is 13.9. The molecule has 152 valence electrons. The molecule has 0 radical (unpaired) electrons. The Morgan fingerprint density at radius 1 is 1.21 bits per heavy atom. The second-order valence-electron chi connectivity index (χ2n) is 6.65. The second-order valence-corrected chi connectivity index (χ2v) is 7.09. The first-order valence-corrected chi connectivity index (χ1v) is 9.69. The van der Waals surface area contributed by atoms with Gasteiger partial charge in [-0.15, -0.1) is 0 Å². The van der Waals surface area contributed by atoms with Crippen molar-refractivity contribution in [3.05, 3.63) is 63.6 Å². The minimum absolute atomic E-state index is 0.0810. The maximum atomic E-state index is 12.6. The Labute approximate surface area is 172 Å². The second kappa shape index (κ2) is 8.96. The largest absolute Gasteiger partial charge is 0.419 e. The lowest BCUT2D eigenvalue weighted by atomic mass is 10.2. The van der Waals surface area contributed by atoms with Crippen LogP contribution in [0.1, 0.15) is 18.9 Å². The molecular formula is C21H22ClN3O4. The van der Waals surface area contributed by atoms with Gasteiger partial charge in [0.1, 0.15) is 0 Å². The number of hydrogen-bond acceptors (Lipinski definition) is 4. The van der Waals surface area contributed by atoms with Crippen LogP contribution in [0.15, 0.2) is 51.7 Å². The zero-order chi connectivity index (χ0) is 21.0. The number of carbonyl (C=O) groups excluding carboxylic acids is 2. The molecule has 2 aromatic carbocycles. The van der Waals surface area contributed by atoms with E-state index in [1.165, 1.54) is 9.47 Å². The van der Waals surface area contributed by atoms with Gasteiger partial charge < -0.3 is 14.6 Å². The number of oxazole rings is 1. The SMILES string of the molecule is CCN(CC(=O)Nc1cc(Cl)ccc1C)C(=O)CCn1c(=O)oc2ccccc21. The number of hydrogen-bond donors (Lipinski definition) is 1. The summed E-state index contributed by atoms with van der Waals surface area (Å²) in [5, 5.41) is 3.31. The molecule has 3 rings (SSSR count). The Hall–Kier alpha value is -3.06. The van der Waals surface area contributed by atoms with E-state index in [0.29, 0.717) is 28.4 Å². The van der Waals surface area contributed by atoms with Crippen LogP contribution < -0.4 is 11.1 Å². The molecule has 0 saturated heterocycles. The van der Waals surface area contributed by atoms with Crippen molar-refractivity contribution >= 4 is 40.2 Å². The highest BCUT2D eigenvalue weighted by atomic mass is 35.5. The highest BCUT2D eigenvalue weighted by Crippen LogP contribution is 2.20. The number of fused-ring (bicyclic) bond motifs is 1. The summed E-state index contributed by atoms with van der Waals surface area (Å²) < 4.78 is 6.60. The van der Waals surface area contributed by atoms with Crippen molar-refractivity contribution in [3.63, 3.8) is 0 Å². The first-order valence-electron chi connectivity index (χ1n) is 9.31. The molecule has 7 nitrogen and oxygen atoms in total. The standard InChI is InChI=1S/C21H22ClN3O4/c1-3-24(13-19(26)23-16-12-15(22)9-8-14(16)2)20(27)10-11-25-17-6-4-5-7-18(17)29-21(25)28/h4-9,12H,3,10-11,13H2,1-2H3,(H,23,26). The van der Waals surface area contributed by atoms with Gasteiger partial charge in [0.2, 0.25) is 11.8 Å². The summed E-state index contributed by atoms with van der Waals surface area (Å²) in [7, 11) is 0. The van der Waals surface area contributed by atoms with Gasteiger partial charge in [0, 0.05) is 30.2 Å². The zero-order valence-corrected chi connectivity index (χ0v) is 17.0. The fourth-order valence-corrected chi connectivity index (χ4v) is 3.23. The molecule has 1 aromatic heterocycles. The minimum Gasteiger partial charge on any atom is -0.408 e. The molecule has 0 bridgehead atoms. The van der Waals surface area contributed by atoms with Gasteiger partial charge in [-0.25, -0.2) is 4.79 Å². The van der Waals surface area contributed by atoms with Crippen LogP contribution in [0.4, 0.5) is 5.69 Å². The Bertz CT molecular complexity index is 1100. The zero-order valence-electron chi connectivity index (χ0n) is 16.3. The quantitative estimate of drug-likeness (QED) is 0.640. The van der Waals surface area contributed by atoms with E-state index in [1.54, 1.807) is 43.3 Å². The van der Waals surface area contributed by atoms with Crippen LogP contribution in [-0.4, -0.2) is 34.4 Å². The van der Waals surface area contributed by atoms with Gasteiger partial charge in [0.05, 0.1) is 12.1 Å². The van der Waals surface area contributed by atoms with Crippen molar-refractivity contribution in [1.29, 1.82) is 0 Å². The smallest absolute Gasteiger partial charge is 0.408 e. The van der Waals surface area contributed by atoms with Crippen molar-refractivity contribution in [2.75, 3.05) is 18.4 Å². The summed E-state index contributed by atoms with van der Waals surface area (Å²) in [4.78, 5) is 38.5. The van der Waals surface area contributed by atoms with Gasteiger partial charge in [-0.2, -0.15) is 0 Å². The number of benzene rings is 2. The van der Waals surface area contributed by atoms with Crippen LogP contribution in [0.25, 0.3) is 11.1 Å². The van der Waals surface area contributed by atoms with Crippen molar-refractivity contribution in [2.45, 2.75) is 26.8 Å². The molecular weight excluding hydrogens is 394 g/mol. The fraction of sp³-hybridized carbons (Fsp3) is 0.286. The molecule has 0 atom stereocenters. The van der Waals surface area contributed by atoms with Crippen molar-refractivity contribution in [1.82, 2.24) is 9.47 Å². The molecule has 29 heavy (non-hydrogen) atoms. The van der Waals surface area contributed by atoms with Gasteiger partial charge in [-0.05, 0) is 43.7 Å². The highest BCUT2D eigenvalue weighted by Gasteiger charge is 2.18. The maximum absolute atomic E-state index is 12.6. The van der Waals surface area contributed by atoms with E-state index in [2.05, 4.69) is 5.32 Å². The van der Waals surface area contributed by atoms with Crippen molar-refractivity contribution in [3.8, 4) is 0 Å². The third-order valence-electron chi connectivity index (χ3n) is 4.67. The van der Waals surface area contributed by atoms with Crippen molar-refractivity contribution in [2.24, 2.45) is 0 Å². The number of nitrogens with zero attached hydrogens (tertiary/aromatic N) is 2. The third kappa shape index (κ3) is 4.86. The van der Waals surface area contributed by atoms with E-state index in [0.717, 1.165) is 5.56 Å². The molecule has 0 unspecified atom stereocenters.